The zero-order valence-corrected chi connectivity index (χ0v) is 18.2. The molecule has 0 aliphatic heterocycles. The van der Waals surface area contributed by atoms with Gasteiger partial charge in [-0.15, -0.1) is 0 Å². The van der Waals surface area contributed by atoms with Crippen molar-refractivity contribution >= 4 is 13.9 Å². The van der Waals surface area contributed by atoms with Crippen molar-refractivity contribution in [3.05, 3.63) is 89.7 Å². The fourth-order valence-electron chi connectivity index (χ4n) is 3.63. The van der Waals surface area contributed by atoms with Crippen LogP contribution in [0.5, 0.6) is 11.5 Å². The molecule has 152 valence electrons. The van der Waals surface area contributed by atoms with E-state index < -0.39 is 0 Å². The molecule has 3 rings (SSSR count). The number of methoxy groups -OCH3 is 1. The van der Waals surface area contributed by atoms with Crippen LogP contribution in [-0.2, 0) is 11.8 Å². The predicted molar refractivity (Wildman–Crippen MR) is 120 cm³/mol. The van der Waals surface area contributed by atoms with Crippen LogP contribution in [0.25, 0.3) is 0 Å². The SMILES string of the molecule is CCC(CC)(Pc1ccccc1F)c1cccc(OC)c1OCc1ccccc1. The van der Waals surface area contributed by atoms with E-state index in [9.17, 15) is 4.39 Å². The van der Waals surface area contributed by atoms with Crippen molar-refractivity contribution in [3.8, 4) is 11.5 Å². The lowest BCUT2D eigenvalue weighted by molar-refractivity contribution is 0.277. The molecule has 0 aliphatic carbocycles. The third-order valence-corrected chi connectivity index (χ3v) is 7.53. The van der Waals surface area contributed by atoms with Crippen LogP contribution in [0.3, 0.4) is 0 Å². The number of para-hydroxylation sites is 1. The molecular weight excluding hydrogens is 382 g/mol. The average Bonchev–Trinajstić information content (AvgIpc) is 2.78. The van der Waals surface area contributed by atoms with Crippen molar-refractivity contribution in [1.29, 1.82) is 0 Å². The molecule has 2 nitrogen and oxygen atoms in total. The highest BCUT2D eigenvalue weighted by atomic mass is 31.1. The lowest BCUT2D eigenvalue weighted by Gasteiger charge is -2.34. The van der Waals surface area contributed by atoms with Crippen molar-refractivity contribution in [3.63, 3.8) is 0 Å². The summed E-state index contributed by atoms with van der Waals surface area (Å²) in [5.74, 6) is 1.32. The molecule has 0 bridgehead atoms. The molecule has 0 fully saturated rings. The second-order valence-electron chi connectivity index (χ2n) is 7.01. The average molecular weight is 410 g/mol. The highest BCUT2D eigenvalue weighted by Crippen LogP contribution is 2.52. The zero-order chi connectivity index (χ0) is 20.7. The first-order chi connectivity index (χ1) is 14.1. The molecular formula is C25H28FO2P. The van der Waals surface area contributed by atoms with Gasteiger partial charge in [-0.1, -0.05) is 83.1 Å². The van der Waals surface area contributed by atoms with E-state index >= 15 is 0 Å². The highest BCUT2D eigenvalue weighted by molar-refractivity contribution is 7.48. The molecule has 1 atom stereocenters. The van der Waals surface area contributed by atoms with E-state index in [-0.39, 0.29) is 11.0 Å². The maximum absolute atomic E-state index is 14.5. The Balaban J connectivity index is 2.02. The molecule has 3 aromatic rings. The summed E-state index contributed by atoms with van der Waals surface area (Å²) in [4.78, 5) is 0. The van der Waals surface area contributed by atoms with Gasteiger partial charge in [0.15, 0.2) is 11.5 Å². The number of halogens is 1. The Labute approximate surface area is 174 Å². The Morgan fingerprint density at radius 2 is 1.55 bits per heavy atom. The van der Waals surface area contributed by atoms with Gasteiger partial charge in [-0.25, -0.2) is 4.39 Å². The van der Waals surface area contributed by atoms with Crippen LogP contribution in [0.1, 0.15) is 37.8 Å². The van der Waals surface area contributed by atoms with E-state index in [1.807, 2.05) is 54.6 Å². The number of benzene rings is 3. The van der Waals surface area contributed by atoms with E-state index in [0.29, 0.717) is 20.9 Å². The second-order valence-corrected chi connectivity index (χ2v) is 8.75. The largest absolute Gasteiger partial charge is 0.493 e. The van der Waals surface area contributed by atoms with Gasteiger partial charge in [0.05, 0.1) is 7.11 Å². The van der Waals surface area contributed by atoms with Gasteiger partial charge in [0.25, 0.3) is 0 Å². The Kier molecular flexibility index (Phi) is 7.28. The molecule has 0 aliphatic rings. The fourth-order valence-corrected chi connectivity index (χ4v) is 5.21. The first-order valence-corrected chi connectivity index (χ1v) is 11.0. The normalized spacial score (nSPS) is 11.7. The molecule has 0 spiro atoms. The topological polar surface area (TPSA) is 18.5 Å². The predicted octanol–water partition coefficient (Wildman–Crippen LogP) is 6.43. The minimum Gasteiger partial charge on any atom is -0.493 e. The van der Waals surface area contributed by atoms with E-state index in [0.717, 1.165) is 35.0 Å². The van der Waals surface area contributed by atoms with Crippen molar-refractivity contribution in [2.75, 3.05) is 7.11 Å². The van der Waals surface area contributed by atoms with Gasteiger partial charge in [0.2, 0.25) is 0 Å². The van der Waals surface area contributed by atoms with E-state index in [4.69, 9.17) is 9.47 Å². The van der Waals surface area contributed by atoms with Crippen LogP contribution in [-0.4, -0.2) is 7.11 Å². The summed E-state index contributed by atoms with van der Waals surface area (Å²) in [5.41, 5.74) is 2.18. The first kappa shape index (κ1) is 21.3. The molecule has 0 heterocycles. The Morgan fingerprint density at radius 3 is 2.21 bits per heavy atom. The third kappa shape index (κ3) is 4.79. The Hall–Kier alpha value is -2.38. The molecule has 0 radical (unpaired) electrons. The Bertz CT molecular complexity index is 923. The summed E-state index contributed by atoms with van der Waals surface area (Å²) >= 11 is 0. The molecule has 3 aromatic carbocycles. The van der Waals surface area contributed by atoms with Gasteiger partial charge in [0.1, 0.15) is 12.4 Å². The minimum atomic E-state index is -0.219. The van der Waals surface area contributed by atoms with Gasteiger partial charge in [-0.05, 0) is 30.5 Å². The van der Waals surface area contributed by atoms with Crippen LogP contribution >= 0.6 is 8.58 Å². The van der Waals surface area contributed by atoms with E-state index in [2.05, 4.69) is 19.9 Å². The molecule has 0 saturated heterocycles. The van der Waals surface area contributed by atoms with Gasteiger partial charge in [0, 0.05) is 16.0 Å². The summed E-state index contributed by atoms with van der Waals surface area (Å²) in [6, 6.07) is 23.2. The summed E-state index contributed by atoms with van der Waals surface area (Å²) in [5, 5.41) is 0.538. The van der Waals surface area contributed by atoms with Crippen LogP contribution in [0.15, 0.2) is 72.8 Å². The summed E-state index contributed by atoms with van der Waals surface area (Å²) < 4.78 is 26.4. The van der Waals surface area contributed by atoms with Crippen LogP contribution in [0.2, 0.25) is 0 Å². The number of hydrogen-bond donors (Lipinski definition) is 0. The monoisotopic (exact) mass is 410 g/mol. The second kappa shape index (κ2) is 9.89. The quantitative estimate of drug-likeness (QED) is 0.378. The molecule has 0 amide bonds. The van der Waals surface area contributed by atoms with Crippen molar-refractivity contribution in [2.45, 2.75) is 38.5 Å². The maximum atomic E-state index is 14.5. The standard InChI is InChI=1S/C25H28FO2P/c1-4-25(5-2,29-23-17-10-9-15-21(23)26)20-14-11-16-22(27-3)24(20)28-18-19-12-7-6-8-13-19/h6-17,29H,4-5,18H2,1-3H3. The number of ether oxygens (including phenoxy) is 2. The van der Waals surface area contributed by atoms with E-state index in [1.54, 1.807) is 13.2 Å². The lowest BCUT2D eigenvalue weighted by Crippen LogP contribution is -2.24. The zero-order valence-electron chi connectivity index (χ0n) is 17.2. The summed E-state index contributed by atoms with van der Waals surface area (Å²) in [7, 11) is 1.96. The lowest BCUT2D eigenvalue weighted by atomic mass is 9.91. The van der Waals surface area contributed by atoms with E-state index in [1.165, 1.54) is 6.07 Å². The van der Waals surface area contributed by atoms with Crippen molar-refractivity contribution in [1.82, 2.24) is 0 Å². The maximum Gasteiger partial charge on any atom is 0.165 e. The van der Waals surface area contributed by atoms with Gasteiger partial charge < -0.3 is 9.47 Å². The molecule has 0 N–H and O–H groups in total. The van der Waals surface area contributed by atoms with Gasteiger partial charge in [-0.2, -0.15) is 0 Å². The smallest absolute Gasteiger partial charge is 0.165 e. The van der Waals surface area contributed by atoms with Gasteiger partial charge >= 0.3 is 0 Å². The number of hydrogen-bond acceptors (Lipinski definition) is 2. The van der Waals surface area contributed by atoms with Crippen LogP contribution < -0.4 is 14.8 Å². The van der Waals surface area contributed by atoms with Crippen molar-refractivity contribution < 1.29 is 13.9 Å². The molecule has 0 saturated carbocycles. The highest BCUT2D eigenvalue weighted by Gasteiger charge is 2.34. The fraction of sp³-hybridized carbons (Fsp3) is 0.280. The summed E-state index contributed by atoms with van der Waals surface area (Å²) in [6.07, 6.45) is 1.76. The van der Waals surface area contributed by atoms with Gasteiger partial charge in [-0.3, -0.25) is 0 Å². The molecule has 4 heteroatoms. The number of rotatable bonds is 9. The van der Waals surface area contributed by atoms with Crippen LogP contribution in [0.4, 0.5) is 4.39 Å². The van der Waals surface area contributed by atoms with Crippen molar-refractivity contribution in [2.24, 2.45) is 0 Å². The molecule has 0 aromatic heterocycles. The third-order valence-electron chi connectivity index (χ3n) is 5.40. The molecule has 1 unspecified atom stereocenters. The minimum absolute atomic E-state index is 0.147. The van der Waals surface area contributed by atoms with Crippen LogP contribution in [0, 0.1) is 5.82 Å². The first-order valence-electron chi connectivity index (χ1n) is 10.0. The molecule has 29 heavy (non-hydrogen) atoms. The summed E-state index contributed by atoms with van der Waals surface area (Å²) in [6.45, 7) is 4.79. The Morgan fingerprint density at radius 1 is 0.862 bits per heavy atom.